The predicted molar refractivity (Wildman–Crippen MR) is 122 cm³/mol. The molecule has 1 fully saturated rings. The number of piperidine rings is 1. The van der Waals surface area contributed by atoms with E-state index in [0.717, 1.165) is 32.0 Å². The number of nitrogens with one attached hydrogen (secondary N) is 1. The number of anilines is 1. The first kappa shape index (κ1) is 25.7. The summed E-state index contributed by atoms with van der Waals surface area (Å²) < 4.78 is 44.0. The Bertz CT molecular complexity index is 1020. The molecule has 1 aliphatic rings. The molecule has 0 bridgehead atoms. The molecule has 186 valence electrons. The molecule has 10 heteroatoms. The number of aryl methyl sites for hydroxylation is 1. The minimum absolute atomic E-state index is 0.117. The maximum absolute atomic E-state index is 12.9. The van der Waals surface area contributed by atoms with Crippen molar-refractivity contribution in [3.63, 3.8) is 0 Å². The van der Waals surface area contributed by atoms with Gasteiger partial charge < -0.3 is 20.1 Å². The number of ether oxygens (including phenoxy) is 1. The average molecular weight is 481 g/mol. The van der Waals surface area contributed by atoms with Gasteiger partial charge in [-0.3, -0.25) is 4.79 Å². The summed E-state index contributed by atoms with van der Waals surface area (Å²) in [7, 11) is 0. The van der Waals surface area contributed by atoms with Gasteiger partial charge in [-0.15, -0.1) is 10.2 Å². The van der Waals surface area contributed by atoms with Crippen LogP contribution in [0.25, 0.3) is 11.3 Å². The minimum atomic E-state index is -4.54. The van der Waals surface area contributed by atoms with E-state index >= 15 is 0 Å². The summed E-state index contributed by atoms with van der Waals surface area (Å²) in [6.45, 7) is 9.56. The van der Waals surface area contributed by atoms with Crippen LogP contribution in [0.5, 0.6) is 5.75 Å². The number of nitrogens with zero attached hydrogens (tertiary/aromatic N) is 3. The number of hydrogen-bond donors (Lipinski definition) is 2. The van der Waals surface area contributed by atoms with Crippen molar-refractivity contribution in [3.05, 3.63) is 35.4 Å². The van der Waals surface area contributed by atoms with Gasteiger partial charge in [0.15, 0.2) is 0 Å². The van der Waals surface area contributed by atoms with Gasteiger partial charge in [0, 0.05) is 24.7 Å². The van der Waals surface area contributed by atoms with Gasteiger partial charge >= 0.3 is 12.1 Å². The van der Waals surface area contributed by atoms with E-state index in [1.54, 1.807) is 13.0 Å². The Balaban J connectivity index is 1.61. The van der Waals surface area contributed by atoms with Crippen LogP contribution in [0.3, 0.4) is 0 Å². The second-order valence-electron chi connectivity index (χ2n) is 9.61. The van der Waals surface area contributed by atoms with Gasteiger partial charge in [-0.2, -0.15) is 13.2 Å². The summed E-state index contributed by atoms with van der Waals surface area (Å²) in [5.74, 6) is -0.168. The molecule has 0 saturated carbocycles. The van der Waals surface area contributed by atoms with E-state index in [-0.39, 0.29) is 17.6 Å². The fraction of sp³-hybridized carbons (Fsp3) is 0.542. The lowest BCUT2D eigenvalue weighted by Crippen LogP contribution is -2.43. The highest BCUT2D eigenvalue weighted by Crippen LogP contribution is 2.36. The summed E-state index contributed by atoms with van der Waals surface area (Å²) in [5, 5.41) is 21.8. The maximum atomic E-state index is 12.9. The molecule has 0 amide bonds. The van der Waals surface area contributed by atoms with Crippen LogP contribution in [0, 0.1) is 6.92 Å². The fourth-order valence-electron chi connectivity index (χ4n) is 3.96. The van der Waals surface area contributed by atoms with E-state index in [2.05, 4.69) is 20.4 Å². The fourth-order valence-corrected chi connectivity index (χ4v) is 3.96. The molecule has 1 aromatic heterocycles. The molecule has 2 heterocycles. The number of aromatic nitrogens is 2. The van der Waals surface area contributed by atoms with E-state index in [1.807, 2.05) is 20.8 Å². The topological polar surface area (TPSA) is 87.6 Å². The summed E-state index contributed by atoms with van der Waals surface area (Å²) in [6, 6.07) is 4.68. The smallest absolute Gasteiger partial charge is 0.416 e. The number of aromatic hydroxyl groups is 1. The first-order valence-corrected chi connectivity index (χ1v) is 11.3. The van der Waals surface area contributed by atoms with Crippen LogP contribution in [0.1, 0.15) is 51.2 Å². The van der Waals surface area contributed by atoms with Crippen molar-refractivity contribution in [2.75, 3.05) is 25.0 Å². The van der Waals surface area contributed by atoms with Crippen molar-refractivity contribution >= 4 is 11.8 Å². The van der Waals surface area contributed by atoms with Crippen molar-refractivity contribution in [3.8, 4) is 17.0 Å². The molecule has 0 unspecified atom stereocenters. The molecule has 0 spiro atoms. The number of carbonyl (C=O) groups excluding carboxylic acids is 1. The number of likely N-dealkylation sites (tertiary alicyclic amines) is 1. The Morgan fingerprint density at radius 1 is 1.24 bits per heavy atom. The molecule has 0 aliphatic carbocycles. The largest absolute Gasteiger partial charge is 0.507 e. The summed E-state index contributed by atoms with van der Waals surface area (Å²) in [5.41, 5.74) is -0.241. The van der Waals surface area contributed by atoms with Crippen LogP contribution in [-0.2, 0) is 15.7 Å². The Labute approximate surface area is 197 Å². The quantitative estimate of drug-likeness (QED) is 0.575. The van der Waals surface area contributed by atoms with Gasteiger partial charge in [-0.1, -0.05) is 0 Å². The zero-order chi connectivity index (χ0) is 25.1. The number of phenols is 1. The molecular weight excluding hydrogens is 449 g/mol. The number of benzene rings is 1. The van der Waals surface area contributed by atoms with Gasteiger partial charge in [-0.05, 0) is 76.9 Å². The first-order valence-electron chi connectivity index (χ1n) is 11.3. The van der Waals surface area contributed by atoms with Gasteiger partial charge in [0.05, 0.1) is 17.7 Å². The van der Waals surface area contributed by atoms with E-state index in [1.165, 1.54) is 6.07 Å². The lowest BCUT2D eigenvalue weighted by molar-refractivity contribution is -0.155. The van der Waals surface area contributed by atoms with Gasteiger partial charge in [0.25, 0.3) is 0 Å². The Hall–Kier alpha value is -2.88. The van der Waals surface area contributed by atoms with Crippen molar-refractivity contribution < 1.29 is 27.8 Å². The van der Waals surface area contributed by atoms with E-state index in [9.17, 15) is 23.1 Å². The van der Waals surface area contributed by atoms with Crippen LogP contribution in [0.4, 0.5) is 19.0 Å². The van der Waals surface area contributed by atoms with Crippen molar-refractivity contribution in [1.29, 1.82) is 0 Å². The highest BCUT2D eigenvalue weighted by molar-refractivity contribution is 5.71. The Kier molecular flexibility index (Phi) is 7.70. The standard InChI is InChI=1S/C24H31F3N4O3/c1-15-12-20(29-30-22(15)18-8-7-16(13-19(18)32)24(25,26)27)28-17-6-5-10-31(14-17)11-9-21(33)34-23(2,3)4/h7-8,12-13,17,32H,5-6,9-11,14H2,1-4H3,(H,28,29)/t17-/m1/s1. The normalized spacial score (nSPS) is 17.4. The highest BCUT2D eigenvalue weighted by Gasteiger charge is 2.31. The van der Waals surface area contributed by atoms with Crippen LogP contribution in [0.2, 0.25) is 0 Å². The molecule has 2 aromatic rings. The van der Waals surface area contributed by atoms with Gasteiger partial charge in [-0.25, -0.2) is 0 Å². The molecule has 7 nitrogen and oxygen atoms in total. The molecule has 1 saturated heterocycles. The van der Waals surface area contributed by atoms with Crippen LogP contribution in [0.15, 0.2) is 24.3 Å². The number of rotatable bonds is 6. The Morgan fingerprint density at radius 2 is 1.97 bits per heavy atom. The monoisotopic (exact) mass is 480 g/mol. The van der Waals surface area contributed by atoms with Crippen LogP contribution < -0.4 is 5.32 Å². The highest BCUT2D eigenvalue weighted by atomic mass is 19.4. The number of hydrogen-bond acceptors (Lipinski definition) is 7. The zero-order valence-electron chi connectivity index (χ0n) is 19.9. The lowest BCUT2D eigenvalue weighted by atomic mass is 10.0. The molecule has 0 radical (unpaired) electrons. The van der Waals surface area contributed by atoms with Crippen molar-refractivity contribution in [2.24, 2.45) is 0 Å². The van der Waals surface area contributed by atoms with Gasteiger partial charge in [0.2, 0.25) is 0 Å². The molecule has 3 rings (SSSR count). The predicted octanol–water partition coefficient (Wildman–Crippen LogP) is 4.78. The third kappa shape index (κ3) is 7.06. The summed E-state index contributed by atoms with van der Waals surface area (Å²) in [6.07, 6.45) is -2.31. The Morgan fingerprint density at radius 3 is 2.59 bits per heavy atom. The zero-order valence-corrected chi connectivity index (χ0v) is 19.9. The molecule has 1 aliphatic heterocycles. The second kappa shape index (κ2) is 10.2. The van der Waals surface area contributed by atoms with Crippen LogP contribution >= 0.6 is 0 Å². The van der Waals surface area contributed by atoms with E-state index < -0.39 is 23.1 Å². The lowest BCUT2D eigenvalue weighted by Gasteiger charge is -2.33. The molecule has 1 aromatic carbocycles. The molecule has 34 heavy (non-hydrogen) atoms. The third-order valence-electron chi connectivity index (χ3n) is 5.47. The van der Waals surface area contributed by atoms with E-state index in [4.69, 9.17) is 4.74 Å². The molecular formula is C24H31F3N4O3. The minimum Gasteiger partial charge on any atom is -0.507 e. The molecule has 2 N–H and O–H groups in total. The number of carbonyl (C=O) groups is 1. The number of esters is 1. The average Bonchev–Trinajstić information content (AvgIpc) is 2.71. The van der Waals surface area contributed by atoms with Gasteiger partial charge in [0.1, 0.15) is 17.2 Å². The summed E-state index contributed by atoms with van der Waals surface area (Å²) >= 11 is 0. The van der Waals surface area contributed by atoms with Crippen LogP contribution in [-0.4, -0.2) is 57.5 Å². The SMILES string of the molecule is Cc1cc(N[C@@H]2CCCN(CCC(=O)OC(C)(C)C)C2)nnc1-c1ccc(C(F)(F)F)cc1O. The van der Waals surface area contributed by atoms with Crippen molar-refractivity contribution in [2.45, 2.75) is 64.8 Å². The second-order valence-corrected chi connectivity index (χ2v) is 9.61. The first-order chi connectivity index (χ1) is 15.8. The number of alkyl halides is 3. The van der Waals surface area contributed by atoms with Crippen molar-refractivity contribution in [1.82, 2.24) is 15.1 Å². The van der Waals surface area contributed by atoms with E-state index in [0.29, 0.717) is 36.1 Å². The summed E-state index contributed by atoms with van der Waals surface area (Å²) in [4.78, 5) is 14.2. The number of halogens is 3. The maximum Gasteiger partial charge on any atom is 0.416 e. The third-order valence-corrected chi connectivity index (χ3v) is 5.47. The molecule has 1 atom stereocenters. The number of phenolic OH excluding ortho intramolecular Hbond substituents is 1.